The van der Waals surface area contributed by atoms with Gasteiger partial charge < -0.3 is 5.32 Å². The van der Waals surface area contributed by atoms with Crippen LogP contribution in [0.15, 0.2) is 66.7 Å². The van der Waals surface area contributed by atoms with Crippen LogP contribution in [0.4, 0.5) is 10.1 Å². The van der Waals surface area contributed by atoms with Crippen molar-refractivity contribution in [3.8, 4) is 17.1 Å². The van der Waals surface area contributed by atoms with Crippen molar-refractivity contribution in [3.63, 3.8) is 0 Å². The molecule has 0 fully saturated rings. The number of rotatable bonds is 4. The van der Waals surface area contributed by atoms with Crippen molar-refractivity contribution in [2.24, 2.45) is 0 Å². The summed E-state index contributed by atoms with van der Waals surface area (Å²) in [5.74, 6) is -0.251. The maximum Gasteiger partial charge on any atom is 0.295 e. The highest BCUT2D eigenvalue weighted by atomic mass is 19.1. The Morgan fingerprint density at radius 3 is 2.27 bits per heavy atom. The van der Waals surface area contributed by atoms with E-state index in [0.29, 0.717) is 17.1 Å². The van der Waals surface area contributed by atoms with E-state index < -0.39 is 5.91 Å². The van der Waals surface area contributed by atoms with Gasteiger partial charge in [0, 0.05) is 11.3 Å². The van der Waals surface area contributed by atoms with Gasteiger partial charge in [0.1, 0.15) is 5.82 Å². The Morgan fingerprint density at radius 1 is 0.900 bits per heavy atom. The third-order valence-corrected chi connectivity index (χ3v) is 4.96. The van der Waals surface area contributed by atoms with Crippen molar-refractivity contribution in [2.75, 3.05) is 5.32 Å². The van der Waals surface area contributed by atoms with Crippen molar-refractivity contribution in [3.05, 3.63) is 95.1 Å². The highest BCUT2D eigenvalue weighted by molar-refractivity contribution is 6.01. The van der Waals surface area contributed by atoms with E-state index in [-0.39, 0.29) is 11.6 Å². The molecule has 4 aromatic rings. The molecule has 0 aliphatic heterocycles. The monoisotopic (exact) mass is 400 g/mol. The number of amides is 1. The highest BCUT2D eigenvalue weighted by Gasteiger charge is 2.19. The number of aromatic nitrogens is 3. The number of carbonyl (C=O) groups is 1. The Balaban J connectivity index is 1.76. The van der Waals surface area contributed by atoms with Gasteiger partial charge in [-0.15, -0.1) is 5.10 Å². The van der Waals surface area contributed by atoms with Crippen LogP contribution in [0.25, 0.3) is 17.1 Å². The van der Waals surface area contributed by atoms with E-state index in [4.69, 9.17) is 0 Å². The lowest BCUT2D eigenvalue weighted by Gasteiger charge is -2.08. The molecule has 0 atom stereocenters. The van der Waals surface area contributed by atoms with E-state index in [1.54, 1.807) is 16.8 Å². The SMILES string of the molecule is Cc1ccc(NC(=O)c2nc(-c3ccc(F)cc3)n(-c3ccc(C)c(C)c3)n2)cc1. The number of hydrogen-bond donors (Lipinski definition) is 1. The van der Waals surface area contributed by atoms with Crippen LogP contribution in [-0.2, 0) is 0 Å². The number of aryl methyl sites for hydroxylation is 3. The Labute approximate surface area is 174 Å². The van der Waals surface area contributed by atoms with Crippen molar-refractivity contribution >= 4 is 11.6 Å². The summed E-state index contributed by atoms with van der Waals surface area (Å²) in [6, 6.07) is 19.4. The third-order valence-electron chi connectivity index (χ3n) is 4.96. The Hall–Kier alpha value is -3.80. The number of halogens is 1. The van der Waals surface area contributed by atoms with E-state index >= 15 is 0 Å². The average molecular weight is 400 g/mol. The molecule has 1 N–H and O–H groups in total. The summed E-state index contributed by atoms with van der Waals surface area (Å²) in [5, 5.41) is 7.28. The molecule has 0 unspecified atom stereocenters. The fourth-order valence-corrected chi connectivity index (χ4v) is 3.06. The first-order valence-corrected chi connectivity index (χ1v) is 9.59. The summed E-state index contributed by atoms with van der Waals surface area (Å²) in [7, 11) is 0. The predicted octanol–water partition coefficient (Wildman–Crippen LogP) is 5.25. The van der Waals surface area contributed by atoms with E-state index in [1.807, 2.05) is 63.2 Å². The summed E-state index contributed by atoms with van der Waals surface area (Å²) in [6.07, 6.45) is 0. The molecule has 150 valence electrons. The smallest absolute Gasteiger partial charge is 0.295 e. The van der Waals surface area contributed by atoms with Crippen LogP contribution in [0.3, 0.4) is 0 Å². The predicted molar refractivity (Wildman–Crippen MR) is 115 cm³/mol. The summed E-state index contributed by atoms with van der Waals surface area (Å²) in [4.78, 5) is 17.3. The minimum atomic E-state index is -0.412. The first-order chi connectivity index (χ1) is 14.4. The topological polar surface area (TPSA) is 59.8 Å². The van der Waals surface area contributed by atoms with Gasteiger partial charge in [-0.2, -0.15) is 0 Å². The normalized spacial score (nSPS) is 10.8. The van der Waals surface area contributed by atoms with Gasteiger partial charge >= 0.3 is 0 Å². The molecule has 0 aliphatic rings. The van der Waals surface area contributed by atoms with Gasteiger partial charge in [-0.1, -0.05) is 23.8 Å². The van der Waals surface area contributed by atoms with E-state index in [0.717, 1.165) is 22.4 Å². The van der Waals surface area contributed by atoms with E-state index in [2.05, 4.69) is 15.4 Å². The molecule has 0 saturated heterocycles. The van der Waals surface area contributed by atoms with Crippen LogP contribution in [0.2, 0.25) is 0 Å². The van der Waals surface area contributed by atoms with Crippen LogP contribution < -0.4 is 5.32 Å². The number of nitrogens with one attached hydrogen (secondary N) is 1. The maximum absolute atomic E-state index is 13.4. The van der Waals surface area contributed by atoms with Gasteiger partial charge in [-0.05, 0) is 80.4 Å². The molecular formula is C24H21FN4O. The van der Waals surface area contributed by atoms with Crippen molar-refractivity contribution in [1.29, 1.82) is 0 Å². The minimum absolute atomic E-state index is 0.0353. The van der Waals surface area contributed by atoms with Crippen LogP contribution in [0.5, 0.6) is 0 Å². The molecule has 0 spiro atoms. The lowest BCUT2D eigenvalue weighted by atomic mass is 10.1. The third kappa shape index (κ3) is 3.98. The Bertz CT molecular complexity index is 1210. The molecule has 0 radical (unpaired) electrons. The lowest BCUT2D eigenvalue weighted by Crippen LogP contribution is -2.14. The van der Waals surface area contributed by atoms with Crippen LogP contribution in [0.1, 0.15) is 27.3 Å². The van der Waals surface area contributed by atoms with Crippen LogP contribution in [0, 0.1) is 26.6 Å². The number of nitrogens with zero attached hydrogens (tertiary/aromatic N) is 3. The highest BCUT2D eigenvalue weighted by Crippen LogP contribution is 2.23. The largest absolute Gasteiger partial charge is 0.319 e. The zero-order valence-electron chi connectivity index (χ0n) is 17.0. The molecule has 0 aliphatic carbocycles. The van der Waals surface area contributed by atoms with E-state index in [1.165, 1.54) is 12.1 Å². The standard InChI is InChI=1S/C24H21FN4O/c1-15-4-11-20(12-5-15)26-24(30)22-27-23(18-7-9-19(25)10-8-18)29(28-22)21-13-6-16(2)17(3)14-21/h4-14H,1-3H3,(H,26,30). The molecule has 1 heterocycles. The van der Waals surface area contributed by atoms with Crippen molar-refractivity contribution < 1.29 is 9.18 Å². The van der Waals surface area contributed by atoms with Gasteiger partial charge in [0.25, 0.3) is 5.91 Å². The second-order valence-corrected chi connectivity index (χ2v) is 7.27. The second-order valence-electron chi connectivity index (χ2n) is 7.27. The molecule has 5 nitrogen and oxygen atoms in total. The van der Waals surface area contributed by atoms with Gasteiger partial charge in [0.15, 0.2) is 5.82 Å². The Morgan fingerprint density at radius 2 is 1.60 bits per heavy atom. The average Bonchev–Trinajstić information content (AvgIpc) is 3.18. The number of benzene rings is 3. The van der Waals surface area contributed by atoms with Gasteiger partial charge in [0.05, 0.1) is 5.69 Å². The fraction of sp³-hybridized carbons (Fsp3) is 0.125. The number of hydrogen-bond acceptors (Lipinski definition) is 3. The fourth-order valence-electron chi connectivity index (χ4n) is 3.06. The lowest BCUT2D eigenvalue weighted by molar-refractivity contribution is 0.101. The molecule has 3 aromatic carbocycles. The number of carbonyl (C=O) groups excluding carboxylic acids is 1. The molecule has 0 bridgehead atoms. The van der Waals surface area contributed by atoms with Gasteiger partial charge in [0.2, 0.25) is 5.82 Å². The molecule has 1 amide bonds. The second kappa shape index (κ2) is 7.91. The van der Waals surface area contributed by atoms with Gasteiger partial charge in [-0.3, -0.25) is 4.79 Å². The Kier molecular flexibility index (Phi) is 5.14. The van der Waals surface area contributed by atoms with Crippen LogP contribution in [-0.4, -0.2) is 20.7 Å². The zero-order valence-corrected chi connectivity index (χ0v) is 17.0. The minimum Gasteiger partial charge on any atom is -0.319 e. The molecule has 0 saturated carbocycles. The molecular weight excluding hydrogens is 379 g/mol. The van der Waals surface area contributed by atoms with Gasteiger partial charge in [-0.25, -0.2) is 14.1 Å². The van der Waals surface area contributed by atoms with Crippen molar-refractivity contribution in [2.45, 2.75) is 20.8 Å². The summed E-state index contributed by atoms with van der Waals surface area (Å²) in [6.45, 7) is 6.02. The van der Waals surface area contributed by atoms with E-state index in [9.17, 15) is 9.18 Å². The molecule has 1 aromatic heterocycles. The molecule has 30 heavy (non-hydrogen) atoms. The first-order valence-electron chi connectivity index (χ1n) is 9.59. The molecule has 4 rings (SSSR count). The van der Waals surface area contributed by atoms with Crippen molar-refractivity contribution in [1.82, 2.24) is 14.8 Å². The van der Waals surface area contributed by atoms with Crippen LogP contribution >= 0.6 is 0 Å². The quantitative estimate of drug-likeness (QED) is 0.509. The maximum atomic E-state index is 13.4. The number of anilines is 1. The zero-order chi connectivity index (χ0) is 21.3. The molecule has 6 heteroatoms. The summed E-state index contributed by atoms with van der Waals surface area (Å²) in [5.41, 5.74) is 5.45. The summed E-state index contributed by atoms with van der Waals surface area (Å²) >= 11 is 0. The summed E-state index contributed by atoms with van der Waals surface area (Å²) < 4.78 is 15.0. The first kappa shape index (κ1) is 19.5.